The molecule has 2 fully saturated rings. The van der Waals surface area contributed by atoms with Gasteiger partial charge in [0.05, 0.1) is 0 Å². The van der Waals surface area contributed by atoms with Crippen LogP contribution in [0.3, 0.4) is 0 Å². The van der Waals surface area contributed by atoms with Crippen molar-refractivity contribution >= 4 is 0 Å². The van der Waals surface area contributed by atoms with Crippen LogP contribution in [-0.4, -0.2) is 11.6 Å². The second kappa shape index (κ2) is 4.11. The van der Waals surface area contributed by atoms with E-state index in [2.05, 4.69) is 30.3 Å². The average molecular weight is 230 g/mol. The van der Waals surface area contributed by atoms with Gasteiger partial charge in [0.25, 0.3) is 0 Å². The van der Waals surface area contributed by atoms with E-state index in [-0.39, 0.29) is 5.54 Å². The van der Waals surface area contributed by atoms with Crippen LogP contribution in [0.1, 0.15) is 43.6 Å². The largest absolute Gasteiger partial charge is 0.328 e. The monoisotopic (exact) mass is 230 g/mol. The number of benzene rings is 1. The zero-order valence-corrected chi connectivity index (χ0v) is 10.3. The molecule has 1 aromatic carbocycles. The van der Waals surface area contributed by atoms with Crippen LogP contribution >= 0.6 is 0 Å². The smallest absolute Gasteiger partial charge is 0.0190 e. The first-order valence-corrected chi connectivity index (χ1v) is 6.78. The molecule has 1 aromatic rings. The van der Waals surface area contributed by atoms with Gasteiger partial charge >= 0.3 is 0 Å². The minimum atomic E-state index is 0.0659. The van der Waals surface area contributed by atoms with Crippen molar-refractivity contribution in [2.24, 2.45) is 17.4 Å². The average Bonchev–Trinajstić information content (AvgIpc) is 3.15. The van der Waals surface area contributed by atoms with Crippen LogP contribution in [0.5, 0.6) is 0 Å². The van der Waals surface area contributed by atoms with Gasteiger partial charge in [-0.3, -0.25) is 0 Å². The van der Waals surface area contributed by atoms with Crippen LogP contribution in [0.4, 0.5) is 0 Å². The van der Waals surface area contributed by atoms with E-state index >= 15 is 0 Å². The van der Waals surface area contributed by atoms with Gasteiger partial charge in [-0.15, -0.1) is 0 Å². The Bertz CT molecular complexity index is 379. The van der Waals surface area contributed by atoms with Gasteiger partial charge < -0.3 is 11.5 Å². The number of hydrogen-bond donors (Lipinski definition) is 2. The van der Waals surface area contributed by atoms with Crippen LogP contribution in [0.15, 0.2) is 30.3 Å². The van der Waals surface area contributed by atoms with E-state index in [0.29, 0.717) is 17.9 Å². The lowest BCUT2D eigenvalue weighted by Gasteiger charge is -2.36. The molecular formula is C15H22N2. The third-order valence-electron chi connectivity index (χ3n) is 4.72. The second-order valence-corrected chi connectivity index (χ2v) is 5.93. The summed E-state index contributed by atoms with van der Waals surface area (Å²) in [4.78, 5) is 0. The molecular weight excluding hydrogens is 208 g/mol. The fourth-order valence-corrected chi connectivity index (χ4v) is 3.45. The molecule has 2 atom stereocenters. The molecule has 17 heavy (non-hydrogen) atoms. The topological polar surface area (TPSA) is 52.0 Å². The van der Waals surface area contributed by atoms with Gasteiger partial charge in [0.15, 0.2) is 0 Å². The van der Waals surface area contributed by atoms with E-state index < -0.39 is 0 Å². The Morgan fingerprint density at radius 2 is 1.71 bits per heavy atom. The van der Waals surface area contributed by atoms with Crippen molar-refractivity contribution in [1.82, 2.24) is 0 Å². The van der Waals surface area contributed by atoms with Gasteiger partial charge in [-0.2, -0.15) is 0 Å². The van der Waals surface area contributed by atoms with Crippen molar-refractivity contribution in [3.05, 3.63) is 35.9 Å². The molecule has 0 aliphatic heterocycles. The van der Waals surface area contributed by atoms with Crippen LogP contribution < -0.4 is 11.5 Å². The third-order valence-corrected chi connectivity index (χ3v) is 4.72. The maximum atomic E-state index is 6.60. The van der Waals surface area contributed by atoms with Gasteiger partial charge in [-0.1, -0.05) is 30.3 Å². The molecule has 0 saturated heterocycles. The molecule has 0 aromatic heterocycles. The van der Waals surface area contributed by atoms with Gasteiger partial charge in [-0.25, -0.2) is 0 Å². The van der Waals surface area contributed by atoms with Crippen molar-refractivity contribution in [2.75, 3.05) is 0 Å². The highest BCUT2D eigenvalue weighted by atomic mass is 14.8. The molecule has 3 rings (SSSR count). The zero-order valence-electron chi connectivity index (χ0n) is 10.3. The molecule has 2 aliphatic carbocycles. The summed E-state index contributed by atoms with van der Waals surface area (Å²) < 4.78 is 0. The summed E-state index contributed by atoms with van der Waals surface area (Å²) in [6, 6.07) is 11.2. The SMILES string of the molecule is NC1CCC(N)([C@@H]2C[C@H]2c2ccccc2)CC1. The highest BCUT2D eigenvalue weighted by molar-refractivity contribution is 5.28. The van der Waals surface area contributed by atoms with Crippen molar-refractivity contribution in [2.45, 2.75) is 49.6 Å². The van der Waals surface area contributed by atoms with Crippen LogP contribution in [0.2, 0.25) is 0 Å². The van der Waals surface area contributed by atoms with Crippen molar-refractivity contribution in [3.8, 4) is 0 Å². The van der Waals surface area contributed by atoms with Gasteiger partial charge in [0.1, 0.15) is 0 Å². The number of hydrogen-bond acceptors (Lipinski definition) is 2. The first kappa shape index (κ1) is 11.2. The molecule has 2 saturated carbocycles. The van der Waals surface area contributed by atoms with Crippen LogP contribution in [-0.2, 0) is 0 Å². The summed E-state index contributed by atoms with van der Waals surface area (Å²) in [7, 11) is 0. The van der Waals surface area contributed by atoms with Crippen molar-refractivity contribution in [1.29, 1.82) is 0 Å². The lowest BCUT2D eigenvalue weighted by Crippen LogP contribution is -2.48. The van der Waals surface area contributed by atoms with E-state index in [0.717, 1.165) is 25.7 Å². The minimum Gasteiger partial charge on any atom is -0.328 e. The molecule has 92 valence electrons. The molecule has 0 spiro atoms. The maximum Gasteiger partial charge on any atom is 0.0190 e. The predicted octanol–water partition coefficient (Wildman–Crippen LogP) is 2.39. The van der Waals surface area contributed by atoms with E-state index in [1.807, 2.05) is 0 Å². The molecule has 0 heterocycles. The Labute approximate surface area is 103 Å². The van der Waals surface area contributed by atoms with Gasteiger partial charge in [0, 0.05) is 11.6 Å². The normalized spacial score (nSPS) is 41.2. The molecule has 0 unspecified atom stereocenters. The van der Waals surface area contributed by atoms with E-state index in [1.54, 1.807) is 0 Å². The Kier molecular flexibility index (Phi) is 2.72. The maximum absolute atomic E-state index is 6.60. The summed E-state index contributed by atoms with van der Waals surface area (Å²) in [6.07, 6.45) is 5.71. The first-order chi connectivity index (χ1) is 8.19. The fraction of sp³-hybridized carbons (Fsp3) is 0.600. The van der Waals surface area contributed by atoms with Crippen molar-refractivity contribution in [3.63, 3.8) is 0 Å². The Hall–Kier alpha value is -0.860. The summed E-state index contributed by atoms with van der Waals surface area (Å²) in [5, 5.41) is 0. The Balaban J connectivity index is 1.68. The summed E-state index contributed by atoms with van der Waals surface area (Å²) in [5.41, 5.74) is 14.1. The van der Waals surface area contributed by atoms with Gasteiger partial charge in [0.2, 0.25) is 0 Å². The lowest BCUT2D eigenvalue weighted by molar-refractivity contribution is 0.239. The molecule has 4 N–H and O–H groups in total. The van der Waals surface area contributed by atoms with Crippen LogP contribution in [0, 0.1) is 5.92 Å². The van der Waals surface area contributed by atoms with E-state index in [9.17, 15) is 0 Å². The zero-order chi connectivity index (χ0) is 11.9. The van der Waals surface area contributed by atoms with Crippen molar-refractivity contribution < 1.29 is 0 Å². The molecule has 2 aliphatic rings. The van der Waals surface area contributed by atoms with E-state index in [4.69, 9.17) is 11.5 Å². The molecule has 2 heteroatoms. The number of nitrogens with two attached hydrogens (primary N) is 2. The quantitative estimate of drug-likeness (QED) is 0.819. The predicted molar refractivity (Wildman–Crippen MR) is 70.7 cm³/mol. The summed E-state index contributed by atoms with van der Waals surface area (Å²) >= 11 is 0. The third kappa shape index (κ3) is 2.12. The second-order valence-electron chi connectivity index (χ2n) is 5.93. The Morgan fingerprint density at radius 3 is 2.35 bits per heavy atom. The molecule has 2 nitrogen and oxygen atoms in total. The highest BCUT2D eigenvalue weighted by Gasteiger charge is 2.51. The lowest BCUT2D eigenvalue weighted by atomic mass is 9.76. The van der Waals surface area contributed by atoms with Gasteiger partial charge in [-0.05, 0) is 49.5 Å². The standard InChI is InChI=1S/C15H22N2/c16-12-6-8-15(17,9-7-12)14-10-13(14)11-4-2-1-3-5-11/h1-5,12-14H,6-10,16-17H2/t12?,13-,14+,15?/m0/s1. The Morgan fingerprint density at radius 1 is 1.06 bits per heavy atom. The molecule has 0 amide bonds. The minimum absolute atomic E-state index is 0.0659. The summed E-state index contributed by atoms with van der Waals surface area (Å²) in [6.45, 7) is 0. The first-order valence-electron chi connectivity index (χ1n) is 6.78. The molecule has 0 bridgehead atoms. The van der Waals surface area contributed by atoms with E-state index in [1.165, 1.54) is 12.0 Å². The summed E-state index contributed by atoms with van der Waals surface area (Å²) in [5.74, 6) is 1.40. The number of rotatable bonds is 2. The highest BCUT2D eigenvalue weighted by Crippen LogP contribution is 2.56. The molecule has 0 radical (unpaired) electrons. The fourth-order valence-electron chi connectivity index (χ4n) is 3.45. The van der Waals surface area contributed by atoms with Crippen LogP contribution in [0.25, 0.3) is 0 Å².